The standard InChI is InChI=1S/C20H14O2/c21-20(22)18-12-17-15-9-5-4-6-13(15)10-11-16(17)19(18)14-7-2-1-3-8-14/h1-11H,12H2,(H,21,22). The first-order valence-electron chi connectivity index (χ1n) is 7.28. The van der Waals surface area contributed by atoms with E-state index >= 15 is 0 Å². The van der Waals surface area contributed by atoms with Crippen molar-refractivity contribution in [1.82, 2.24) is 0 Å². The van der Waals surface area contributed by atoms with E-state index in [1.165, 1.54) is 0 Å². The topological polar surface area (TPSA) is 37.3 Å². The number of aliphatic carboxylic acids is 1. The van der Waals surface area contributed by atoms with Crippen LogP contribution in [0.5, 0.6) is 0 Å². The summed E-state index contributed by atoms with van der Waals surface area (Å²) in [6, 6.07) is 22.1. The molecule has 0 radical (unpaired) electrons. The molecule has 0 aromatic heterocycles. The van der Waals surface area contributed by atoms with Crippen molar-refractivity contribution < 1.29 is 9.90 Å². The van der Waals surface area contributed by atoms with Crippen LogP contribution in [-0.4, -0.2) is 11.1 Å². The molecule has 1 aliphatic carbocycles. The molecule has 0 saturated carbocycles. The van der Waals surface area contributed by atoms with Crippen LogP contribution in [0.2, 0.25) is 0 Å². The number of carbonyl (C=O) groups is 1. The fraction of sp³-hybridized carbons (Fsp3) is 0.0500. The van der Waals surface area contributed by atoms with Crippen LogP contribution in [0.15, 0.2) is 72.3 Å². The molecule has 2 nitrogen and oxygen atoms in total. The molecule has 0 bridgehead atoms. The molecule has 0 atom stereocenters. The molecule has 0 fully saturated rings. The first-order valence-corrected chi connectivity index (χ1v) is 7.28. The fourth-order valence-electron chi connectivity index (χ4n) is 3.31. The van der Waals surface area contributed by atoms with Gasteiger partial charge >= 0.3 is 5.97 Å². The molecule has 0 saturated heterocycles. The Labute approximate surface area is 128 Å². The Hall–Kier alpha value is -2.87. The molecule has 0 spiro atoms. The molecule has 4 rings (SSSR count). The Kier molecular flexibility index (Phi) is 2.83. The minimum absolute atomic E-state index is 0.482. The van der Waals surface area contributed by atoms with Crippen LogP contribution >= 0.6 is 0 Å². The fourth-order valence-corrected chi connectivity index (χ4v) is 3.31. The second-order valence-corrected chi connectivity index (χ2v) is 5.51. The van der Waals surface area contributed by atoms with Crippen molar-refractivity contribution in [2.45, 2.75) is 6.42 Å². The molecule has 1 N–H and O–H groups in total. The Morgan fingerprint density at radius 2 is 1.59 bits per heavy atom. The maximum Gasteiger partial charge on any atom is 0.332 e. The van der Waals surface area contributed by atoms with Crippen LogP contribution in [0.4, 0.5) is 0 Å². The lowest BCUT2D eigenvalue weighted by atomic mass is 9.95. The summed E-state index contributed by atoms with van der Waals surface area (Å²) in [6.07, 6.45) is 0.482. The smallest absolute Gasteiger partial charge is 0.332 e. The number of fused-ring (bicyclic) bond motifs is 3. The Bertz CT molecular complexity index is 921. The predicted octanol–water partition coefficient (Wildman–Crippen LogP) is 4.28. The van der Waals surface area contributed by atoms with Crippen LogP contribution in [0, 0.1) is 0 Å². The van der Waals surface area contributed by atoms with Gasteiger partial charge in [0.15, 0.2) is 0 Å². The minimum atomic E-state index is -0.834. The summed E-state index contributed by atoms with van der Waals surface area (Å²) >= 11 is 0. The van der Waals surface area contributed by atoms with Crippen molar-refractivity contribution >= 4 is 22.3 Å². The number of carboxylic acid groups (broad SMARTS) is 1. The van der Waals surface area contributed by atoms with Crippen LogP contribution in [-0.2, 0) is 11.2 Å². The van der Waals surface area contributed by atoms with Gasteiger partial charge in [-0.1, -0.05) is 66.7 Å². The van der Waals surface area contributed by atoms with E-state index < -0.39 is 5.97 Å². The van der Waals surface area contributed by atoms with Crippen molar-refractivity contribution in [2.75, 3.05) is 0 Å². The Balaban J connectivity index is 2.02. The molecule has 106 valence electrons. The van der Waals surface area contributed by atoms with E-state index in [0.29, 0.717) is 12.0 Å². The second-order valence-electron chi connectivity index (χ2n) is 5.51. The van der Waals surface area contributed by atoms with Gasteiger partial charge in [-0.25, -0.2) is 4.79 Å². The van der Waals surface area contributed by atoms with Gasteiger partial charge < -0.3 is 5.11 Å². The minimum Gasteiger partial charge on any atom is -0.478 e. The predicted molar refractivity (Wildman–Crippen MR) is 87.8 cm³/mol. The molecule has 0 aliphatic heterocycles. The molecule has 0 amide bonds. The number of hydrogen-bond donors (Lipinski definition) is 1. The lowest BCUT2D eigenvalue weighted by Gasteiger charge is -2.09. The highest BCUT2D eigenvalue weighted by Crippen LogP contribution is 2.40. The van der Waals surface area contributed by atoms with Crippen molar-refractivity contribution in [3.8, 4) is 0 Å². The maximum absolute atomic E-state index is 11.7. The average Bonchev–Trinajstić information content (AvgIpc) is 2.96. The van der Waals surface area contributed by atoms with Gasteiger partial charge in [0.1, 0.15) is 0 Å². The van der Waals surface area contributed by atoms with E-state index in [1.54, 1.807) is 0 Å². The van der Waals surface area contributed by atoms with Crippen molar-refractivity contribution in [2.24, 2.45) is 0 Å². The van der Waals surface area contributed by atoms with E-state index in [0.717, 1.165) is 33.0 Å². The van der Waals surface area contributed by atoms with Crippen LogP contribution in [0.25, 0.3) is 16.3 Å². The first kappa shape index (κ1) is 12.8. The third kappa shape index (κ3) is 1.85. The lowest BCUT2D eigenvalue weighted by molar-refractivity contribution is -0.132. The zero-order valence-electron chi connectivity index (χ0n) is 11.9. The first-order chi connectivity index (χ1) is 10.8. The van der Waals surface area contributed by atoms with E-state index in [-0.39, 0.29) is 0 Å². The zero-order chi connectivity index (χ0) is 15.1. The quantitative estimate of drug-likeness (QED) is 0.763. The van der Waals surface area contributed by atoms with Crippen molar-refractivity contribution in [3.05, 3.63) is 89.0 Å². The van der Waals surface area contributed by atoms with E-state index in [1.807, 2.05) is 42.5 Å². The third-order valence-corrected chi connectivity index (χ3v) is 4.29. The van der Waals surface area contributed by atoms with E-state index in [4.69, 9.17) is 0 Å². The highest BCUT2D eigenvalue weighted by Gasteiger charge is 2.28. The number of hydrogen-bond acceptors (Lipinski definition) is 1. The van der Waals surface area contributed by atoms with Crippen molar-refractivity contribution in [1.29, 1.82) is 0 Å². The van der Waals surface area contributed by atoms with Crippen LogP contribution in [0.3, 0.4) is 0 Å². The molecule has 3 aromatic carbocycles. The molecule has 1 aliphatic rings. The lowest BCUT2D eigenvalue weighted by Crippen LogP contribution is -2.02. The Morgan fingerprint density at radius 1 is 0.864 bits per heavy atom. The van der Waals surface area contributed by atoms with Crippen LogP contribution < -0.4 is 0 Å². The molecular weight excluding hydrogens is 272 g/mol. The van der Waals surface area contributed by atoms with Crippen LogP contribution in [0.1, 0.15) is 16.7 Å². The van der Waals surface area contributed by atoms with Gasteiger partial charge in [-0.15, -0.1) is 0 Å². The molecule has 22 heavy (non-hydrogen) atoms. The van der Waals surface area contributed by atoms with Gasteiger partial charge in [-0.2, -0.15) is 0 Å². The summed E-state index contributed by atoms with van der Waals surface area (Å²) in [6.45, 7) is 0. The summed E-state index contributed by atoms with van der Waals surface area (Å²) < 4.78 is 0. The van der Waals surface area contributed by atoms with Crippen molar-refractivity contribution in [3.63, 3.8) is 0 Å². The zero-order valence-corrected chi connectivity index (χ0v) is 11.9. The SMILES string of the molecule is O=C(O)C1=C(c2ccccc2)c2ccc3ccccc3c2C1. The largest absolute Gasteiger partial charge is 0.478 e. The van der Waals surface area contributed by atoms with Gasteiger partial charge in [-0.05, 0) is 33.0 Å². The molecule has 2 heteroatoms. The molecule has 3 aromatic rings. The molecular formula is C20H14O2. The normalized spacial score (nSPS) is 13.5. The molecule has 0 heterocycles. The van der Waals surface area contributed by atoms with E-state index in [9.17, 15) is 9.90 Å². The summed E-state index contributed by atoms with van der Waals surface area (Å²) in [5.74, 6) is -0.834. The number of benzene rings is 3. The monoisotopic (exact) mass is 286 g/mol. The van der Waals surface area contributed by atoms with Gasteiger partial charge in [-0.3, -0.25) is 0 Å². The van der Waals surface area contributed by atoms with Gasteiger partial charge in [0.2, 0.25) is 0 Å². The second kappa shape index (κ2) is 4.85. The van der Waals surface area contributed by atoms with Gasteiger partial charge in [0.05, 0.1) is 0 Å². The Morgan fingerprint density at radius 3 is 2.36 bits per heavy atom. The van der Waals surface area contributed by atoms with Gasteiger partial charge in [0.25, 0.3) is 0 Å². The third-order valence-electron chi connectivity index (χ3n) is 4.29. The highest BCUT2D eigenvalue weighted by atomic mass is 16.4. The maximum atomic E-state index is 11.7. The molecule has 0 unspecified atom stereocenters. The average molecular weight is 286 g/mol. The summed E-state index contributed by atoms with van der Waals surface area (Å²) in [4.78, 5) is 11.7. The summed E-state index contributed by atoms with van der Waals surface area (Å²) in [5.41, 5.74) is 4.47. The summed E-state index contributed by atoms with van der Waals surface area (Å²) in [7, 11) is 0. The summed E-state index contributed by atoms with van der Waals surface area (Å²) in [5, 5.41) is 11.9. The number of rotatable bonds is 2. The number of carboxylic acids is 1. The van der Waals surface area contributed by atoms with Gasteiger partial charge in [0, 0.05) is 12.0 Å². The highest BCUT2D eigenvalue weighted by molar-refractivity contribution is 6.07. The van der Waals surface area contributed by atoms with E-state index in [2.05, 4.69) is 24.3 Å².